The first-order valence-electron chi connectivity index (χ1n) is 6.88. The van der Waals surface area contributed by atoms with E-state index in [0.29, 0.717) is 12.6 Å². The molecule has 3 rings (SSSR count). The number of fused-ring (bicyclic) bond motifs is 2. The van der Waals surface area contributed by atoms with Crippen LogP contribution < -0.4 is 5.32 Å². The Kier molecular flexibility index (Phi) is 2.86. The lowest BCUT2D eigenvalue weighted by Crippen LogP contribution is -2.52. The second kappa shape index (κ2) is 4.30. The molecule has 1 amide bonds. The van der Waals surface area contributed by atoms with Gasteiger partial charge >= 0.3 is 0 Å². The van der Waals surface area contributed by atoms with E-state index in [4.69, 9.17) is 0 Å². The average Bonchev–Trinajstić information content (AvgIpc) is 2.63. The Morgan fingerprint density at radius 1 is 1.42 bits per heavy atom. The maximum absolute atomic E-state index is 13.5. The first kappa shape index (κ1) is 12.6. The fourth-order valence-corrected chi connectivity index (χ4v) is 3.32. The highest BCUT2D eigenvalue weighted by atomic mass is 19.1. The van der Waals surface area contributed by atoms with Crippen LogP contribution in [0.2, 0.25) is 0 Å². The van der Waals surface area contributed by atoms with Crippen molar-refractivity contribution in [1.82, 2.24) is 4.90 Å². The molecule has 2 aliphatic rings. The van der Waals surface area contributed by atoms with Crippen molar-refractivity contribution in [3.63, 3.8) is 0 Å². The molecule has 1 N–H and O–H groups in total. The van der Waals surface area contributed by atoms with Gasteiger partial charge in [0.15, 0.2) is 0 Å². The highest BCUT2D eigenvalue weighted by Gasteiger charge is 2.49. The quantitative estimate of drug-likeness (QED) is 0.843. The second-order valence-corrected chi connectivity index (χ2v) is 5.89. The Labute approximate surface area is 112 Å². The topological polar surface area (TPSA) is 32.3 Å². The van der Waals surface area contributed by atoms with Gasteiger partial charge in [0.2, 0.25) is 5.91 Å². The maximum Gasteiger partial charge on any atom is 0.236 e. The van der Waals surface area contributed by atoms with Crippen LogP contribution in [0, 0.1) is 5.82 Å². The van der Waals surface area contributed by atoms with Crippen molar-refractivity contribution < 1.29 is 9.18 Å². The van der Waals surface area contributed by atoms with Crippen LogP contribution in [0.4, 0.5) is 10.1 Å². The van der Waals surface area contributed by atoms with Crippen LogP contribution in [0.5, 0.6) is 0 Å². The van der Waals surface area contributed by atoms with Crippen molar-refractivity contribution in [2.24, 2.45) is 0 Å². The molecule has 0 saturated carbocycles. The normalized spacial score (nSPS) is 26.8. The van der Waals surface area contributed by atoms with Crippen molar-refractivity contribution >= 4 is 11.6 Å². The summed E-state index contributed by atoms with van der Waals surface area (Å²) in [6.45, 7) is 5.97. The van der Waals surface area contributed by atoms with Crippen LogP contribution in [0.1, 0.15) is 32.3 Å². The van der Waals surface area contributed by atoms with Crippen molar-refractivity contribution in [1.29, 1.82) is 0 Å². The number of benzene rings is 1. The highest BCUT2D eigenvalue weighted by Crippen LogP contribution is 2.44. The number of hydrogen-bond donors (Lipinski definition) is 1. The molecular formula is C15H19FN2O. The number of halogens is 1. The standard InChI is InChI=1S/C15H19FN2O/c1-10(2)18-7-3-6-15(9-18)12-8-11(16)4-5-13(12)17-14(15)19/h4-5,8,10H,3,6-7,9H2,1-2H3,(H,17,19)/t15-/m1/s1. The summed E-state index contributed by atoms with van der Waals surface area (Å²) >= 11 is 0. The molecule has 0 aliphatic carbocycles. The van der Waals surface area contributed by atoms with Crippen molar-refractivity contribution in [2.45, 2.75) is 38.1 Å². The van der Waals surface area contributed by atoms with Crippen LogP contribution in [-0.2, 0) is 10.2 Å². The van der Waals surface area contributed by atoms with Gasteiger partial charge in [-0.15, -0.1) is 0 Å². The number of carbonyl (C=O) groups is 1. The van der Waals surface area contributed by atoms with E-state index >= 15 is 0 Å². The van der Waals surface area contributed by atoms with E-state index in [1.807, 2.05) is 0 Å². The largest absolute Gasteiger partial charge is 0.325 e. The fraction of sp³-hybridized carbons (Fsp3) is 0.533. The molecule has 19 heavy (non-hydrogen) atoms. The second-order valence-electron chi connectivity index (χ2n) is 5.89. The number of piperidine rings is 1. The molecule has 1 saturated heterocycles. The summed E-state index contributed by atoms with van der Waals surface area (Å²) in [5.41, 5.74) is 1.06. The maximum atomic E-state index is 13.5. The molecule has 3 nitrogen and oxygen atoms in total. The van der Waals surface area contributed by atoms with E-state index < -0.39 is 5.41 Å². The minimum atomic E-state index is -0.556. The van der Waals surface area contributed by atoms with Gasteiger partial charge in [-0.2, -0.15) is 0 Å². The molecular weight excluding hydrogens is 243 g/mol. The van der Waals surface area contributed by atoms with Gasteiger partial charge in [0, 0.05) is 18.3 Å². The summed E-state index contributed by atoms with van der Waals surface area (Å²) in [4.78, 5) is 14.7. The Morgan fingerprint density at radius 2 is 2.21 bits per heavy atom. The number of amides is 1. The van der Waals surface area contributed by atoms with E-state index in [1.54, 1.807) is 6.07 Å². The molecule has 2 aliphatic heterocycles. The molecule has 0 aromatic heterocycles. The smallest absolute Gasteiger partial charge is 0.236 e. The molecule has 1 aromatic rings. The van der Waals surface area contributed by atoms with Crippen LogP contribution in [0.25, 0.3) is 0 Å². The predicted octanol–water partition coefficient (Wildman–Crippen LogP) is 2.52. The molecule has 4 heteroatoms. The number of carbonyl (C=O) groups excluding carboxylic acids is 1. The van der Waals surface area contributed by atoms with Gasteiger partial charge in [-0.1, -0.05) is 0 Å². The Morgan fingerprint density at radius 3 is 2.95 bits per heavy atom. The third kappa shape index (κ3) is 1.86. The molecule has 0 bridgehead atoms. The SMILES string of the molecule is CC(C)N1CCC[C@]2(C1)C(=O)Nc1ccc(F)cc12. The number of likely N-dealkylation sites (tertiary alicyclic amines) is 1. The zero-order valence-electron chi connectivity index (χ0n) is 11.4. The summed E-state index contributed by atoms with van der Waals surface area (Å²) < 4.78 is 13.5. The van der Waals surface area contributed by atoms with Crippen molar-refractivity contribution in [3.8, 4) is 0 Å². The summed E-state index contributed by atoms with van der Waals surface area (Å²) in [5.74, 6) is -0.241. The first-order chi connectivity index (χ1) is 9.03. The molecule has 0 radical (unpaired) electrons. The molecule has 102 valence electrons. The zero-order chi connectivity index (χ0) is 13.6. The molecule has 2 heterocycles. The van der Waals surface area contributed by atoms with Gasteiger partial charge in [-0.25, -0.2) is 4.39 Å². The van der Waals surface area contributed by atoms with Gasteiger partial charge in [0.1, 0.15) is 5.82 Å². The number of hydrogen-bond acceptors (Lipinski definition) is 2. The van der Waals surface area contributed by atoms with E-state index in [1.165, 1.54) is 12.1 Å². The van der Waals surface area contributed by atoms with Crippen LogP contribution in [0.15, 0.2) is 18.2 Å². The van der Waals surface area contributed by atoms with Gasteiger partial charge in [0.05, 0.1) is 5.41 Å². The fourth-order valence-electron chi connectivity index (χ4n) is 3.32. The molecule has 0 unspecified atom stereocenters. The van der Waals surface area contributed by atoms with E-state index in [0.717, 1.165) is 30.6 Å². The van der Waals surface area contributed by atoms with Gasteiger partial charge in [0.25, 0.3) is 0 Å². The van der Waals surface area contributed by atoms with Gasteiger partial charge in [-0.05, 0) is 57.0 Å². The third-order valence-corrected chi connectivity index (χ3v) is 4.43. The molecule has 1 aromatic carbocycles. The van der Waals surface area contributed by atoms with Crippen molar-refractivity contribution in [3.05, 3.63) is 29.6 Å². The number of rotatable bonds is 1. The Bertz CT molecular complexity index is 529. The molecule has 1 spiro atoms. The van der Waals surface area contributed by atoms with Gasteiger partial charge < -0.3 is 5.32 Å². The minimum absolute atomic E-state index is 0.0263. The van der Waals surface area contributed by atoms with Crippen LogP contribution in [-0.4, -0.2) is 29.9 Å². The summed E-state index contributed by atoms with van der Waals surface area (Å²) in [7, 11) is 0. The number of nitrogens with one attached hydrogen (secondary N) is 1. The van der Waals surface area contributed by atoms with E-state index in [2.05, 4.69) is 24.1 Å². The molecule has 1 fully saturated rings. The Balaban J connectivity index is 2.04. The van der Waals surface area contributed by atoms with Crippen LogP contribution >= 0.6 is 0 Å². The molecule has 1 atom stereocenters. The summed E-state index contributed by atoms with van der Waals surface area (Å²) in [5, 5.41) is 2.91. The number of nitrogens with zero attached hydrogens (tertiary/aromatic N) is 1. The zero-order valence-corrected chi connectivity index (χ0v) is 11.4. The predicted molar refractivity (Wildman–Crippen MR) is 72.7 cm³/mol. The third-order valence-electron chi connectivity index (χ3n) is 4.43. The monoisotopic (exact) mass is 262 g/mol. The van der Waals surface area contributed by atoms with E-state index in [-0.39, 0.29) is 11.7 Å². The van der Waals surface area contributed by atoms with Crippen molar-refractivity contribution in [2.75, 3.05) is 18.4 Å². The highest BCUT2D eigenvalue weighted by molar-refractivity contribution is 6.06. The lowest BCUT2D eigenvalue weighted by molar-refractivity contribution is -0.123. The minimum Gasteiger partial charge on any atom is -0.325 e. The van der Waals surface area contributed by atoms with E-state index in [9.17, 15) is 9.18 Å². The first-order valence-corrected chi connectivity index (χ1v) is 6.88. The summed E-state index contributed by atoms with van der Waals surface area (Å²) in [6, 6.07) is 5.01. The number of anilines is 1. The lowest BCUT2D eigenvalue weighted by atomic mass is 9.74. The average molecular weight is 262 g/mol. The van der Waals surface area contributed by atoms with Gasteiger partial charge in [-0.3, -0.25) is 9.69 Å². The summed E-state index contributed by atoms with van der Waals surface area (Å²) in [6.07, 6.45) is 1.78. The van der Waals surface area contributed by atoms with Crippen LogP contribution in [0.3, 0.4) is 0 Å². The Hall–Kier alpha value is -1.42. The lowest BCUT2D eigenvalue weighted by Gasteiger charge is -2.41.